The fourth-order valence-corrected chi connectivity index (χ4v) is 4.30. The summed E-state index contributed by atoms with van der Waals surface area (Å²) in [6.07, 6.45) is 1.84. The van der Waals surface area contributed by atoms with Crippen LogP contribution in [0.4, 0.5) is 0 Å². The average molecular weight is 424 g/mol. The van der Waals surface area contributed by atoms with Crippen molar-refractivity contribution in [2.24, 2.45) is 0 Å². The fraction of sp³-hybridized carbons (Fsp3) is 0.158. The molecule has 0 aliphatic carbocycles. The fourth-order valence-electron chi connectivity index (χ4n) is 2.41. The molecular formula is C19H15Cl2NO2S2. The number of thiocarbonyl (C=S) groups is 1. The first kappa shape index (κ1) is 19.2. The van der Waals surface area contributed by atoms with Crippen molar-refractivity contribution in [3.8, 4) is 5.75 Å². The normalized spacial score (nSPS) is 15.8. The van der Waals surface area contributed by atoms with Gasteiger partial charge in [0.25, 0.3) is 5.91 Å². The molecule has 0 bridgehead atoms. The Morgan fingerprint density at radius 3 is 2.38 bits per heavy atom. The van der Waals surface area contributed by atoms with Gasteiger partial charge in [-0.15, -0.1) is 0 Å². The number of rotatable bonds is 5. The van der Waals surface area contributed by atoms with E-state index < -0.39 is 0 Å². The molecule has 0 N–H and O–H groups in total. The molecule has 0 aromatic heterocycles. The van der Waals surface area contributed by atoms with Gasteiger partial charge in [0.15, 0.2) is 0 Å². The van der Waals surface area contributed by atoms with E-state index in [2.05, 4.69) is 0 Å². The molecular weight excluding hydrogens is 409 g/mol. The number of nitrogens with zero attached hydrogens (tertiary/aromatic N) is 1. The Balaban J connectivity index is 1.69. The number of benzene rings is 2. The summed E-state index contributed by atoms with van der Waals surface area (Å²) >= 11 is 18.8. The Labute approximate surface area is 171 Å². The molecule has 2 aromatic carbocycles. The molecule has 0 saturated carbocycles. The predicted molar refractivity (Wildman–Crippen MR) is 113 cm³/mol. The van der Waals surface area contributed by atoms with Crippen molar-refractivity contribution < 1.29 is 9.53 Å². The van der Waals surface area contributed by atoms with E-state index in [0.717, 1.165) is 11.1 Å². The quantitative estimate of drug-likeness (QED) is 0.449. The number of carbonyl (C=O) groups is 1. The van der Waals surface area contributed by atoms with Gasteiger partial charge in [0.05, 0.1) is 4.91 Å². The maximum Gasteiger partial charge on any atom is 0.266 e. The lowest BCUT2D eigenvalue weighted by molar-refractivity contribution is -0.121. The topological polar surface area (TPSA) is 29.5 Å². The molecule has 1 saturated heterocycles. The third-order valence-electron chi connectivity index (χ3n) is 3.81. The highest BCUT2D eigenvalue weighted by molar-refractivity contribution is 8.26. The third-order valence-corrected chi connectivity index (χ3v) is 5.90. The maximum atomic E-state index is 12.2. The summed E-state index contributed by atoms with van der Waals surface area (Å²) in [5.74, 6) is 0.649. The zero-order valence-electron chi connectivity index (χ0n) is 13.9. The smallest absolute Gasteiger partial charge is 0.266 e. The van der Waals surface area contributed by atoms with Gasteiger partial charge >= 0.3 is 0 Å². The zero-order valence-corrected chi connectivity index (χ0v) is 17.0. The lowest BCUT2D eigenvalue weighted by atomic mass is 10.2. The van der Waals surface area contributed by atoms with E-state index in [1.54, 1.807) is 23.1 Å². The van der Waals surface area contributed by atoms with E-state index in [-0.39, 0.29) is 12.5 Å². The van der Waals surface area contributed by atoms with Gasteiger partial charge in [0, 0.05) is 22.2 Å². The molecule has 1 heterocycles. The van der Waals surface area contributed by atoms with Gasteiger partial charge in [-0.05, 0) is 42.8 Å². The molecule has 1 aliphatic rings. The van der Waals surface area contributed by atoms with Crippen molar-refractivity contribution in [3.05, 3.63) is 68.5 Å². The monoisotopic (exact) mass is 423 g/mol. The molecule has 26 heavy (non-hydrogen) atoms. The second-order valence-electron chi connectivity index (χ2n) is 5.48. The molecule has 134 valence electrons. The Morgan fingerprint density at radius 1 is 1.15 bits per heavy atom. The summed E-state index contributed by atoms with van der Waals surface area (Å²) < 4.78 is 6.36. The van der Waals surface area contributed by atoms with Crippen LogP contribution in [0.25, 0.3) is 6.08 Å². The molecule has 0 atom stereocenters. The van der Waals surface area contributed by atoms with Gasteiger partial charge in [0.1, 0.15) is 16.7 Å². The highest BCUT2D eigenvalue weighted by atomic mass is 35.5. The second kappa shape index (κ2) is 8.44. The Morgan fingerprint density at radius 2 is 1.81 bits per heavy atom. The van der Waals surface area contributed by atoms with Crippen LogP contribution in [-0.4, -0.2) is 21.7 Å². The number of carbonyl (C=O) groups excluding carboxylic acids is 1. The molecule has 1 fully saturated rings. The Kier molecular flexibility index (Phi) is 6.24. The summed E-state index contributed by atoms with van der Waals surface area (Å²) in [4.78, 5) is 14.5. The van der Waals surface area contributed by atoms with Crippen LogP contribution in [0.1, 0.15) is 18.1 Å². The van der Waals surface area contributed by atoms with Crippen molar-refractivity contribution in [2.45, 2.75) is 13.5 Å². The van der Waals surface area contributed by atoms with Crippen LogP contribution in [0.15, 0.2) is 47.4 Å². The van der Waals surface area contributed by atoms with Crippen LogP contribution in [0.5, 0.6) is 5.75 Å². The van der Waals surface area contributed by atoms with Crippen LogP contribution in [0, 0.1) is 0 Å². The van der Waals surface area contributed by atoms with E-state index in [0.29, 0.717) is 31.6 Å². The Bertz CT molecular complexity index is 861. The van der Waals surface area contributed by atoms with Gasteiger partial charge in [-0.25, -0.2) is 0 Å². The van der Waals surface area contributed by atoms with Crippen molar-refractivity contribution in [3.63, 3.8) is 0 Å². The maximum absolute atomic E-state index is 12.2. The molecule has 0 unspecified atom stereocenters. The van der Waals surface area contributed by atoms with E-state index in [9.17, 15) is 4.79 Å². The minimum atomic E-state index is -0.0452. The summed E-state index contributed by atoms with van der Waals surface area (Å²) in [6, 6.07) is 12.8. The molecule has 0 radical (unpaired) electrons. The van der Waals surface area contributed by atoms with E-state index >= 15 is 0 Å². The number of ether oxygens (including phenoxy) is 1. The molecule has 0 spiro atoms. The zero-order chi connectivity index (χ0) is 18.7. The number of hydrogen-bond acceptors (Lipinski definition) is 4. The summed E-state index contributed by atoms with van der Waals surface area (Å²) in [5, 5.41) is 1.15. The van der Waals surface area contributed by atoms with E-state index in [1.165, 1.54) is 11.8 Å². The predicted octanol–water partition coefficient (Wildman–Crippen LogP) is 5.79. The highest BCUT2D eigenvalue weighted by Gasteiger charge is 2.30. The van der Waals surface area contributed by atoms with E-state index in [4.69, 9.17) is 40.2 Å². The molecule has 3 rings (SSSR count). The number of amides is 1. The van der Waals surface area contributed by atoms with Gasteiger partial charge < -0.3 is 4.74 Å². The van der Waals surface area contributed by atoms with Crippen molar-refractivity contribution >= 4 is 63.5 Å². The van der Waals surface area contributed by atoms with Crippen LogP contribution < -0.4 is 4.74 Å². The van der Waals surface area contributed by atoms with Gasteiger partial charge in [-0.1, -0.05) is 65.4 Å². The Hall–Kier alpha value is -1.53. The first-order valence-electron chi connectivity index (χ1n) is 7.90. The first-order valence-corrected chi connectivity index (χ1v) is 9.88. The van der Waals surface area contributed by atoms with Gasteiger partial charge in [-0.2, -0.15) is 0 Å². The number of likely N-dealkylation sites (N-methyl/N-ethyl adjacent to an activating group) is 1. The molecule has 1 aliphatic heterocycles. The van der Waals surface area contributed by atoms with Crippen LogP contribution >= 0.6 is 47.2 Å². The van der Waals surface area contributed by atoms with Crippen LogP contribution in [0.2, 0.25) is 10.0 Å². The first-order chi connectivity index (χ1) is 12.5. The average Bonchev–Trinajstić information content (AvgIpc) is 2.89. The minimum Gasteiger partial charge on any atom is -0.489 e. The highest BCUT2D eigenvalue weighted by Crippen LogP contribution is 2.32. The number of halogens is 2. The minimum absolute atomic E-state index is 0.0452. The lowest BCUT2D eigenvalue weighted by Crippen LogP contribution is -2.27. The molecule has 3 nitrogen and oxygen atoms in total. The largest absolute Gasteiger partial charge is 0.489 e. The molecule has 7 heteroatoms. The van der Waals surface area contributed by atoms with Crippen LogP contribution in [-0.2, 0) is 11.4 Å². The summed E-state index contributed by atoms with van der Waals surface area (Å²) in [7, 11) is 0. The van der Waals surface area contributed by atoms with Crippen molar-refractivity contribution in [2.75, 3.05) is 6.54 Å². The molecule has 2 aromatic rings. The number of thioether (sulfide) groups is 1. The van der Waals surface area contributed by atoms with Crippen LogP contribution in [0.3, 0.4) is 0 Å². The standard InChI is InChI=1S/C19H15Cl2NO2S2/c1-2-22-18(23)17(26-19(22)25)10-12-6-8-13(9-7-12)24-11-14-15(20)4-3-5-16(14)21/h3-10H,2,11H2,1H3/b17-10-. The van der Waals surface area contributed by atoms with Gasteiger partial charge in [0.2, 0.25) is 0 Å². The summed E-state index contributed by atoms with van der Waals surface area (Å²) in [6.45, 7) is 2.78. The third kappa shape index (κ3) is 4.23. The second-order valence-corrected chi connectivity index (χ2v) is 7.97. The van der Waals surface area contributed by atoms with Crippen molar-refractivity contribution in [1.82, 2.24) is 4.90 Å². The van der Waals surface area contributed by atoms with Crippen molar-refractivity contribution in [1.29, 1.82) is 0 Å². The lowest BCUT2D eigenvalue weighted by Gasteiger charge is -2.10. The SMILES string of the molecule is CCN1C(=O)/C(=C/c2ccc(OCc3c(Cl)cccc3Cl)cc2)SC1=S. The number of hydrogen-bond donors (Lipinski definition) is 0. The summed E-state index contributed by atoms with van der Waals surface area (Å²) in [5.41, 5.74) is 1.66. The van der Waals surface area contributed by atoms with E-state index in [1.807, 2.05) is 37.3 Å². The van der Waals surface area contributed by atoms with Gasteiger partial charge in [-0.3, -0.25) is 9.69 Å². The molecule has 1 amide bonds.